The number of fused-ring (bicyclic) bond motifs is 9. The number of rotatable bonds is 4. The summed E-state index contributed by atoms with van der Waals surface area (Å²) >= 11 is 0. The maximum Gasteiger partial charge on any atom is 0.0561 e. The summed E-state index contributed by atoms with van der Waals surface area (Å²) in [6.07, 6.45) is 0. The number of benzene rings is 8. The predicted octanol–water partition coefficient (Wildman–Crippen LogP) is 12.6. The second-order valence-electron chi connectivity index (χ2n) is 13.4. The van der Waals surface area contributed by atoms with Gasteiger partial charge in [0.15, 0.2) is 0 Å². The smallest absolute Gasteiger partial charge is 0.0561 e. The molecule has 0 N–H and O–H groups in total. The molecule has 0 aliphatic carbocycles. The van der Waals surface area contributed by atoms with Crippen molar-refractivity contribution in [2.24, 2.45) is 0 Å². The third-order valence-corrected chi connectivity index (χ3v) is 10.6. The van der Waals surface area contributed by atoms with Crippen LogP contribution in [0.3, 0.4) is 0 Å². The van der Waals surface area contributed by atoms with E-state index < -0.39 is 0 Å². The van der Waals surface area contributed by atoms with E-state index in [1.807, 2.05) is 0 Å². The Labute approximate surface area is 294 Å². The number of aromatic nitrogens is 3. The monoisotopic (exact) mass is 649 g/mol. The van der Waals surface area contributed by atoms with Crippen LogP contribution in [0, 0.1) is 0 Å². The normalized spacial score (nSPS) is 11.9. The summed E-state index contributed by atoms with van der Waals surface area (Å²) in [7, 11) is 0. The van der Waals surface area contributed by atoms with E-state index in [-0.39, 0.29) is 0 Å². The van der Waals surface area contributed by atoms with E-state index in [4.69, 9.17) is 0 Å². The quantitative estimate of drug-likeness (QED) is 0.180. The second-order valence-corrected chi connectivity index (χ2v) is 13.4. The molecule has 0 radical (unpaired) electrons. The van der Waals surface area contributed by atoms with E-state index in [0.717, 1.165) is 17.1 Å². The van der Waals surface area contributed by atoms with Gasteiger partial charge in [0.2, 0.25) is 0 Å². The van der Waals surface area contributed by atoms with Crippen LogP contribution in [0.5, 0.6) is 0 Å². The van der Waals surface area contributed by atoms with Gasteiger partial charge in [-0.15, -0.1) is 0 Å². The maximum absolute atomic E-state index is 2.46. The Morgan fingerprint density at radius 3 is 1.02 bits per heavy atom. The predicted molar refractivity (Wildman–Crippen MR) is 215 cm³/mol. The minimum atomic E-state index is 1.12. The zero-order valence-corrected chi connectivity index (χ0v) is 27.7. The molecule has 11 aromatic rings. The van der Waals surface area contributed by atoms with Gasteiger partial charge in [0.05, 0.1) is 33.1 Å². The molecule has 3 heterocycles. The highest BCUT2D eigenvalue weighted by molar-refractivity contribution is 6.12. The number of hydrogen-bond donors (Lipinski definition) is 0. The summed E-state index contributed by atoms with van der Waals surface area (Å²) in [6.45, 7) is 0. The highest BCUT2D eigenvalue weighted by Crippen LogP contribution is 2.39. The van der Waals surface area contributed by atoms with Gasteiger partial charge in [-0.05, 0) is 71.8 Å². The molecule has 0 fully saturated rings. The van der Waals surface area contributed by atoms with Crippen molar-refractivity contribution in [3.63, 3.8) is 0 Å². The molecular formula is C48H31N3. The van der Waals surface area contributed by atoms with Gasteiger partial charge in [0.25, 0.3) is 0 Å². The zero-order chi connectivity index (χ0) is 33.5. The molecule has 8 aromatic carbocycles. The van der Waals surface area contributed by atoms with Gasteiger partial charge in [0.1, 0.15) is 0 Å². The lowest BCUT2D eigenvalue weighted by Gasteiger charge is -2.16. The molecular weight excluding hydrogens is 619 g/mol. The van der Waals surface area contributed by atoms with Crippen LogP contribution in [0.1, 0.15) is 0 Å². The first-order valence-corrected chi connectivity index (χ1v) is 17.5. The zero-order valence-electron chi connectivity index (χ0n) is 27.7. The van der Waals surface area contributed by atoms with Crippen molar-refractivity contribution in [1.29, 1.82) is 0 Å². The van der Waals surface area contributed by atoms with Crippen molar-refractivity contribution in [1.82, 2.24) is 13.7 Å². The maximum atomic E-state index is 2.46. The summed E-state index contributed by atoms with van der Waals surface area (Å²) in [5.41, 5.74) is 12.9. The first-order valence-electron chi connectivity index (χ1n) is 17.5. The van der Waals surface area contributed by atoms with Gasteiger partial charge in [-0.25, -0.2) is 0 Å². The Hall–Kier alpha value is -6.84. The molecule has 51 heavy (non-hydrogen) atoms. The van der Waals surface area contributed by atoms with Crippen LogP contribution in [-0.2, 0) is 0 Å². The van der Waals surface area contributed by atoms with Gasteiger partial charge in [-0.1, -0.05) is 127 Å². The van der Waals surface area contributed by atoms with Gasteiger partial charge in [-0.2, -0.15) is 0 Å². The van der Waals surface area contributed by atoms with Crippen LogP contribution in [-0.4, -0.2) is 13.7 Å². The fraction of sp³-hybridized carbons (Fsp3) is 0. The summed E-state index contributed by atoms with van der Waals surface area (Å²) in [5.74, 6) is 0. The highest BCUT2D eigenvalue weighted by atomic mass is 15.0. The molecule has 0 unspecified atom stereocenters. The molecule has 0 saturated heterocycles. The summed E-state index contributed by atoms with van der Waals surface area (Å²) < 4.78 is 7.31. The molecule has 3 heteroatoms. The molecule has 0 aliphatic rings. The molecule has 3 nitrogen and oxygen atoms in total. The Kier molecular flexibility index (Phi) is 5.96. The molecule has 0 amide bonds. The number of nitrogens with zero attached hydrogens (tertiary/aromatic N) is 3. The first-order chi connectivity index (χ1) is 25.3. The van der Waals surface area contributed by atoms with Crippen molar-refractivity contribution in [3.8, 4) is 28.2 Å². The number of para-hydroxylation sites is 5. The lowest BCUT2D eigenvalue weighted by Crippen LogP contribution is -2.01. The van der Waals surface area contributed by atoms with Crippen LogP contribution in [0.25, 0.3) is 93.6 Å². The highest BCUT2D eigenvalue weighted by Gasteiger charge is 2.19. The number of hydrogen-bond acceptors (Lipinski definition) is 0. The SMILES string of the molecule is c1ccc(-c2cc(-n3c4ccccc4c4ccccc43)cc(-n3c4ccccc4c4ccc(-n5c6ccccc6c6ccccc65)cc43)c2)cc1. The third-order valence-electron chi connectivity index (χ3n) is 10.6. The van der Waals surface area contributed by atoms with E-state index in [1.165, 1.54) is 76.5 Å². The van der Waals surface area contributed by atoms with E-state index in [9.17, 15) is 0 Å². The van der Waals surface area contributed by atoms with Crippen molar-refractivity contribution in [3.05, 3.63) is 188 Å². The molecule has 0 spiro atoms. The summed E-state index contributed by atoms with van der Waals surface area (Å²) in [6, 6.07) is 68.6. The lowest BCUT2D eigenvalue weighted by atomic mass is 10.0. The molecule has 3 aromatic heterocycles. The standard InChI is InChI=1S/C48H31N3/c1-2-14-32(15-3-1)33-28-35(50-45-23-11-6-18-39(45)40-19-7-12-24-46(40)50)30-36(29-33)51-47-25-13-8-20-41(47)42-27-26-34(31-48(42)51)49-43-21-9-4-16-37(43)38-17-5-10-22-44(38)49/h1-31H. The fourth-order valence-corrected chi connectivity index (χ4v) is 8.43. The van der Waals surface area contributed by atoms with Gasteiger partial charge in [0, 0.05) is 49.4 Å². The van der Waals surface area contributed by atoms with Crippen LogP contribution >= 0.6 is 0 Å². The second kappa shape index (κ2) is 10.8. The molecule has 11 rings (SSSR count). The third kappa shape index (κ3) is 4.12. The van der Waals surface area contributed by atoms with Crippen molar-refractivity contribution >= 4 is 65.4 Å². The van der Waals surface area contributed by atoms with Gasteiger partial charge in [-0.3, -0.25) is 0 Å². The van der Waals surface area contributed by atoms with E-state index >= 15 is 0 Å². The van der Waals surface area contributed by atoms with Crippen LogP contribution in [0.15, 0.2) is 188 Å². The van der Waals surface area contributed by atoms with Crippen LogP contribution in [0.4, 0.5) is 0 Å². The fourth-order valence-electron chi connectivity index (χ4n) is 8.43. The minimum Gasteiger partial charge on any atom is -0.309 e. The molecule has 0 aliphatic heterocycles. The van der Waals surface area contributed by atoms with Gasteiger partial charge >= 0.3 is 0 Å². The Morgan fingerprint density at radius 2 is 0.569 bits per heavy atom. The average molecular weight is 650 g/mol. The minimum absolute atomic E-state index is 1.12. The Morgan fingerprint density at radius 1 is 0.216 bits per heavy atom. The molecule has 0 atom stereocenters. The topological polar surface area (TPSA) is 14.8 Å². The summed E-state index contributed by atoms with van der Waals surface area (Å²) in [4.78, 5) is 0. The van der Waals surface area contributed by atoms with E-state index in [1.54, 1.807) is 0 Å². The summed E-state index contributed by atoms with van der Waals surface area (Å²) in [5, 5.41) is 7.52. The lowest BCUT2D eigenvalue weighted by molar-refractivity contribution is 1.13. The molecule has 0 bridgehead atoms. The Bertz CT molecular complexity index is 3030. The van der Waals surface area contributed by atoms with E-state index in [2.05, 4.69) is 202 Å². The van der Waals surface area contributed by atoms with Crippen molar-refractivity contribution in [2.75, 3.05) is 0 Å². The largest absolute Gasteiger partial charge is 0.309 e. The van der Waals surface area contributed by atoms with Gasteiger partial charge < -0.3 is 13.7 Å². The van der Waals surface area contributed by atoms with E-state index in [0.29, 0.717) is 0 Å². The van der Waals surface area contributed by atoms with Crippen LogP contribution < -0.4 is 0 Å². The average Bonchev–Trinajstić information content (AvgIpc) is 3.84. The van der Waals surface area contributed by atoms with Crippen LogP contribution in [0.2, 0.25) is 0 Å². The first kappa shape index (κ1) is 28.0. The molecule has 238 valence electrons. The Balaban J connectivity index is 1.24. The molecule has 0 saturated carbocycles. The van der Waals surface area contributed by atoms with Crippen molar-refractivity contribution in [2.45, 2.75) is 0 Å². The van der Waals surface area contributed by atoms with Crippen molar-refractivity contribution < 1.29 is 0 Å².